The van der Waals surface area contributed by atoms with Gasteiger partial charge in [0.15, 0.2) is 0 Å². The number of rotatable bonds is 17. The SMILES string of the molecule is CC(C)(C)OC(=O)NCCOCCOc1ccc(CCCl)cc1.Cl.NCCOCCOc1ccc(CCCl)cc1. The molecular formula is C29H45Cl3N2O6. The molecule has 0 spiro atoms. The molecule has 0 fully saturated rings. The Labute approximate surface area is 255 Å². The van der Waals surface area contributed by atoms with E-state index in [4.69, 9.17) is 52.6 Å². The summed E-state index contributed by atoms with van der Waals surface area (Å²) in [7, 11) is 0. The first-order valence-corrected chi connectivity index (χ1v) is 14.2. The summed E-state index contributed by atoms with van der Waals surface area (Å²) in [6, 6.07) is 15.8. The van der Waals surface area contributed by atoms with E-state index in [1.807, 2.05) is 69.3 Å². The maximum absolute atomic E-state index is 11.4. The van der Waals surface area contributed by atoms with Gasteiger partial charge in [0.1, 0.15) is 30.3 Å². The highest BCUT2D eigenvalue weighted by Crippen LogP contribution is 2.14. The largest absolute Gasteiger partial charge is 0.491 e. The van der Waals surface area contributed by atoms with Crippen LogP contribution in [0.2, 0.25) is 0 Å². The molecule has 11 heteroatoms. The number of alkyl halides is 2. The van der Waals surface area contributed by atoms with Crippen LogP contribution in [0.15, 0.2) is 48.5 Å². The fraction of sp³-hybridized carbons (Fsp3) is 0.552. The lowest BCUT2D eigenvalue weighted by atomic mass is 10.2. The minimum Gasteiger partial charge on any atom is -0.491 e. The Morgan fingerprint density at radius 2 is 1.20 bits per heavy atom. The number of carbonyl (C=O) groups is 1. The van der Waals surface area contributed by atoms with Gasteiger partial charge in [-0.15, -0.1) is 35.6 Å². The van der Waals surface area contributed by atoms with E-state index in [1.165, 1.54) is 11.1 Å². The van der Waals surface area contributed by atoms with Crippen molar-refractivity contribution < 1.29 is 28.5 Å². The smallest absolute Gasteiger partial charge is 0.407 e. The molecule has 0 bridgehead atoms. The van der Waals surface area contributed by atoms with Gasteiger partial charge in [-0.3, -0.25) is 0 Å². The van der Waals surface area contributed by atoms with Crippen molar-refractivity contribution in [3.8, 4) is 11.5 Å². The van der Waals surface area contributed by atoms with Crippen LogP contribution in [0.3, 0.4) is 0 Å². The summed E-state index contributed by atoms with van der Waals surface area (Å²) in [6.07, 6.45) is 1.31. The van der Waals surface area contributed by atoms with E-state index in [0.29, 0.717) is 64.5 Å². The van der Waals surface area contributed by atoms with Crippen LogP contribution in [0.25, 0.3) is 0 Å². The van der Waals surface area contributed by atoms with E-state index < -0.39 is 11.7 Å². The van der Waals surface area contributed by atoms with Gasteiger partial charge in [0.05, 0.1) is 26.4 Å². The summed E-state index contributed by atoms with van der Waals surface area (Å²) in [6.45, 7) is 9.45. The van der Waals surface area contributed by atoms with Gasteiger partial charge in [-0.25, -0.2) is 4.79 Å². The van der Waals surface area contributed by atoms with Crippen molar-refractivity contribution in [3.05, 3.63) is 59.7 Å². The van der Waals surface area contributed by atoms with Crippen molar-refractivity contribution in [2.24, 2.45) is 5.73 Å². The number of alkyl carbamates (subject to hydrolysis) is 1. The molecule has 2 aromatic rings. The Hall–Kier alpha value is -1.94. The van der Waals surface area contributed by atoms with Gasteiger partial charge >= 0.3 is 6.09 Å². The Morgan fingerprint density at radius 1 is 0.750 bits per heavy atom. The summed E-state index contributed by atoms with van der Waals surface area (Å²) in [5.74, 6) is 2.92. The Kier molecular flexibility index (Phi) is 22.6. The zero-order chi connectivity index (χ0) is 28.8. The predicted octanol–water partition coefficient (Wildman–Crippen LogP) is 5.63. The van der Waals surface area contributed by atoms with Gasteiger partial charge in [0, 0.05) is 24.8 Å². The number of hydrogen-bond donors (Lipinski definition) is 2. The highest BCUT2D eigenvalue weighted by Gasteiger charge is 2.15. The standard InChI is InChI=1S/C17H26ClNO4.C12H18ClNO2.ClH/c1-17(2,3)23-16(20)19-10-11-21-12-13-22-15-6-4-14(5-7-15)8-9-18;13-6-5-11-1-3-12(4-2-11)16-10-9-15-8-7-14;/h4-7H,8-13H2,1-3H3,(H,19,20);1-4H,5-10,14H2;1H. The van der Waals surface area contributed by atoms with E-state index in [-0.39, 0.29) is 12.4 Å². The number of aryl methyl sites for hydroxylation is 2. The van der Waals surface area contributed by atoms with Crippen molar-refractivity contribution in [1.29, 1.82) is 0 Å². The second kappa shape index (κ2) is 23.7. The van der Waals surface area contributed by atoms with Crippen molar-refractivity contribution >= 4 is 41.7 Å². The first-order chi connectivity index (χ1) is 18.8. The highest BCUT2D eigenvalue weighted by molar-refractivity contribution is 6.18. The average molecular weight is 624 g/mol. The Bertz CT molecular complexity index is 881. The quantitative estimate of drug-likeness (QED) is 0.174. The third kappa shape index (κ3) is 20.9. The summed E-state index contributed by atoms with van der Waals surface area (Å²) in [5, 5.41) is 2.63. The molecule has 0 aliphatic heterocycles. The molecule has 0 heterocycles. The second-order valence-electron chi connectivity index (χ2n) is 9.30. The van der Waals surface area contributed by atoms with Crippen molar-refractivity contribution in [2.45, 2.75) is 39.2 Å². The molecule has 0 unspecified atom stereocenters. The number of benzene rings is 2. The maximum Gasteiger partial charge on any atom is 0.407 e. The van der Waals surface area contributed by atoms with Crippen molar-refractivity contribution in [2.75, 3.05) is 64.5 Å². The van der Waals surface area contributed by atoms with Gasteiger partial charge < -0.3 is 34.7 Å². The van der Waals surface area contributed by atoms with Crippen LogP contribution in [0, 0.1) is 0 Å². The Morgan fingerprint density at radius 3 is 1.60 bits per heavy atom. The summed E-state index contributed by atoms with van der Waals surface area (Å²) in [5.41, 5.74) is 7.22. The molecule has 0 aliphatic carbocycles. The number of carbonyl (C=O) groups excluding carboxylic acids is 1. The second-order valence-corrected chi connectivity index (χ2v) is 10.1. The fourth-order valence-electron chi connectivity index (χ4n) is 2.99. The number of hydrogen-bond acceptors (Lipinski definition) is 7. The molecule has 0 saturated carbocycles. The third-order valence-electron chi connectivity index (χ3n) is 4.78. The van der Waals surface area contributed by atoms with Gasteiger partial charge in [0.25, 0.3) is 0 Å². The highest BCUT2D eigenvalue weighted by atomic mass is 35.5. The number of nitrogens with one attached hydrogen (secondary N) is 1. The van der Waals surface area contributed by atoms with E-state index in [0.717, 1.165) is 24.3 Å². The van der Waals surface area contributed by atoms with Gasteiger partial charge in [-0.05, 0) is 69.0 Å². The number of halogens is 3. The number of ether oxygens (including phenoxy) is 5. The normalized spacial score (nSPS) is 10.6. The maximum atomic E-state index is 11.4. The first kappa shape index (κ1) is 38.1. The topological polar surface area (TPSA) is 101 Å². The molecule has 228 valence electrons. The predicted molar refractivity (Wildman–Crippen MR) is 165 cm³/mol. The van der Waals surface area contributed by atoms with Gasteiger partial charge in [-0.1, -0.05) is 24.3 Å². The molecule has 2 aromatic carbocycles. The minimum atomic E-state index is -0.488. The lowest BCUT2D eigenvalue weighted by Gasteiger charge is -2.19. The monoisotopic (exact) mass is 622 g/mol. The average Bonchev–Trinajstić information content (AvgIpc) is 2.90. The summed E-state index contributed by atoms with van der Waals surface area (Å²) in [4.78, 5) is 11.4. The number of amides is 1. The molecule has 3 N–H and O–H groups in total. The van der Waals surface area contributed by atoms with Gasteiger partial charge in [-0.2, -0.15) is 0 Å². The lowest BCUT2D eigenvalue weighted by Crippen LogP contribution is -2.34. The molecule has 8 nitrogen and oxygen atoms in total. The van der Waals surface area contributed by atoms with E-state index >= 15 is 0 Å². The van der Waals surface area contributed by atoms with Crippen LogP contribution >= 0.6 is 35.6 Å². The molecule has 1 amide bonds. The molecule has 0 saturated heterocycles. The summed E-state index contributed by atoms with van der Waals surface area (Å²) >= 11 is 11.3. The Balaban J connectivity index is 0.000000788. The van der Waals surface area contributed by atoms with Crippen LogP contribution in [0.1, 0.15) is 31.9 Å². The van der Waals surface area contributed by atoms with E-state index in [9.17, 15) is 4.79 Å². The minimum absolute atomic E-state index is 0. The molecule has 40 heavy (non-hydrogen) atoms. The zero-order valence-electron chi connectivity index (χ0n) is 23.8. The van der Waals surface area contributed by atoms with Crippen LogP contribution in [0.4, 0.5) is 4.79 Å². The molecule has 2 rings (SSSR count). The van der Waals surface area contributed by atoms with Crippen LogP contribution in [-0.2, 0) is 27.1 Å². The lowest BCUT2D eigenvalue weighted by molar-refractivity contribution is 0.0489. The first-order valence-electron chi connectivity index (χ1n) is 13.1. The molecular weight excluding hydrogens is 579 g/mol. The van der Waals surface area contributed by atoms with Crippen molar-refractivity contribution in [1.82, 2.24) is 5.32 Å². The molecule has 0 atom stereocenters. The van der Waals surface area contributed by atoms with Crippen molar-refractivity contribution in [3.63, 3.8) is 0 Å². The van der Waals surface area contributed by atoms with Crippen LogP contribution in [-0.4, -0.2) is 76.2 Å². The zero-order valence-corrected chi connectivity index (χ0v) is 26.1. The van der Waals surface area contributed by atoms with E-state index in [1.54, 1.807) is 0 Å². The third-order valence-corrected chi connectivity index (χ3v) is 5.16. The van der Waals surface area contributed by atoms with Crippen LogP contribution in [0.5, 0.6) is 11.5 Å². The fourth-order valence-corrected chi connectivity index (χ4v) is 3.42. The molecule has 0 radical (unpaired) electrons. The summed E-state index contributed by atoms with van der Waals surface area (Å²) < 4.78 is 26.7. The molecule has 0 aromatic heterocycles. The van der Waals surface area contributed by atoms with Crippen LogP contribution < -0.4 is 20.5 Å². The van der Waals surface area contributed by atoms with E-state index in [2.05, 4.69) is 5.32 Å². The van der Waals surface area contributed by atoms with Gasteiger partial charge in [0.2, 0.25) is 0 Å². The number of nitrogens with two attached hydrogens (primary N) is 1. The molecule has 0 aliphatic rings.